The normalized spacial score (nSPS) is 38.2. The van der Waals surface area contributed by atoms with Crippen LogP contribution < -0.4 is 0 Å². The Balaban J connectivity index is 2.04. The molecular weight excluding hydrogens is 132 g/mol. The van der Waals surface area contributed by atoms with Gasteiger partial charge in [-0.3, -0.25) is 0 Å². The van der Waals surface area contributed by atoms with Crippen molar-refractivity contribution in [1.82, 2.24) is 0 Å². The van der Waals surface area contributed by atoms with E-state index in [4.69, 9.17) is 9.47 Å². The van der Waals surface area contributed by atoms with E-state index in [1.54, 1.807) is 0 Å². The lowest BCUT2D eigenvalue weighted by atomic mass is 9.95. The van der Waals surface area contributed by atoms with Gasteiger partial charge in [0.2, 0.25) is 0 Å². The summed E-state index contributed by atoms with van der Waals surface area (Å²) >= 11 is 0. The highest BCUT2D eigenvalue weighted by atomic mass is 16.8. The van der Waals surface area contributed by atoms with E-state index in [1.165, 1.54) is 0 Å². The molecule has 3 nitrogen and oxygen atoms in total. The zero-order chi connectivity index (χ0) is 6.97. The van der Waals surface area contributed by atoms with Crippen LogP contribution in [0, 0.1) is 0 Å². The van der Waals surface area contributed by atoms with Crippen LogP contribution in [-0.4, -0.2) is 18.4 Å². The van der Waals surface area contributed by atoms with Crippen LogP contribution in [0.5, 0.6) is 0 Å². The van der Waals surface area contributed by atoms with E-state index in [0.717, 1.165) is 25.7 Å². The van der Waals surface area contributed by atoms with Crippen molar-refractivity contribution in [2.75, 3.05) is 0 Å². The van der Waals surface area contributed by atoms with Crippen LogP contribution in [0.3, 0.4) is 0 Å². The van der Waals surface area contributed by atoms with Crippen molar-refractivity contribution < 1.29 is 14.3 Å². The van der Waals surface area contributed by atoms with E-state index in [2.05, 4.69) is 0 Å². The summed E-state index contributed by atoms with van der Waals surface area (Å²) < 4.78 is 9.81. The summed E-state index contributed by atoms with van der Waals surface area (Å²) in [6.07, 6.45) is 3.96. The van der Waals surface area contributed by atoms with E-state index in [9.17, 15) is 4.79 Å². The molecule has 0 unspecified atom stereocenters. The minimum Gasteiger partial charge on any atom is -0.427 e. The number of carbonyl (C=O) groups excluding carboxylic acids is 1. The van der Waals surface area contributed by atoms with Gasteiger partial charge in [-0.2, -0.15) is 0 Å². The molecule has 56 valence electrons. The lowest BCUT2D eigenvalue weighted by Gasteiger charge is -2.19. The molecule has 2 aliphatic rings. The van der Waals surface area contributed by atoms with Gasteiger partial charge in [-0.05, 0) is 25.7 Å². The van der Waals surface area contributed by atoms with Crippen LogP contribution in [-0.2, 0) is 9.47 Å². The van der Waals surface area contributed by atoms with Gasteiger partial charge < -0.3 is 9.47 Å². The summed E-state index contributed by atoms with van der Waals surface area (Å²) in [5, 5.41) is 0. The second-order valence-corrected chi connectivity index (χ2v) is 2.85. The number of rotatable bonds is 0. The average Bonchev–Trinajstić information content (AvgIpc) is 2.27. The predicted octanol–water partition coefficient (Wildman–Crippen LogP) is 1.46. The second kappa shape index (κ2) is 2.15. The number of hydrogen-bond acceptors (Lipinski definition) is 3. The van der Waals surface area contributed by atoms with Gasteiger partial charge in [0.25, 0.3) is 0 Å². The highest BCUT2D eigenvalue weighted by Crippen LogP contribution is 2.28. The zero-order valence-corrected chi connectivity index (χ0v) is 5.71. The quantitative estimate of drug-likeness (QED) is 0.480. The first-order valence-electron chi connectivity index (χ1n) is 3.73. The first-order valence-corrected chi connectivity index (χ1v) is 3.73. The summed E-state index contributed by atoms with van der Waals surface area (Å²) in [4.78, 5) is 10.6. The molecule has 0 aromatic rings. The fourth-order valence-corrected chi connectivity index (χ4v) is 1.61. The molecule has 1 saturated heterocycles. The highest BCUT2D eigenvalue weighted by Gasteiger charge is 2.37. The summed E-state index contributed by atoms with van der Waals surface area (Å²) in [5.74, 6) is 0. The molecule has 1 saturated carbocycles. The molecule has 0 aromatic carbocycles. The Morgan fingerprint density at radius 2 is 1.60 bits per heavy atom. The number of hydrogen-bond donors (Lipinski definition) is 0. The largest absolute Gasteiger partial charge is 0.509 e. The maximum absolute atomic E-state index is 10.6. The van der Waals surface area contributed by atoms with Gasteiger partial charge in [-0.1, -0.05) is 0 Å². The molecule has 0 N–H and O–H groups in total. The molecule has 1 heterocycles. The molecule has 2 rings (SSSR count). The second-order valence-electron chi connectivity index (χ2n) is 2.85. The smallest absolute Gasteiger partial charge is 0.427 e. The van der Waals surface area contributed by atoms with Gasteiger partial charge in [0.05, 0.1) is 0 Å². The van der Waals surface area contributed by atoms with Crippen molar-refractivity contribution in [3.63, 3.8) is 0 Å². The number of carbonyl (C=O) groups is 1. The number of fused-ring (bicyclic) bond motifs is 1. The molecule has 3 heteroatoms. The van der Waals surface area contributed by atoms with Crippen molar-refractivity contribution in [2.24, 2.45) is 0 Å². The standard InChI is InChI=1S/C7H10O3/c8-7-9-5-3-1-2-4-6(5)10-7/h5-6H,1-4H2/t5-,6-/m1/s1. The van der Waals surface area contributed by atoms with Crippen molar-refractivity contribution in [3.8, 4) is 0 Å². The van der Waals surface area contributed by atoms with Crippen LogP contribution in [0.2, 0.25) is 0 Å². The first kappa shape index (κ1) is 6.01. The zero-order valence-electron chi connectivity index (χ0n) is 5.71. The monoisotopic (exact) mass is 142 g/mol. The Morgan fingerprint density at radius 1 is 1.10 bits per heavy atom. The molecule has 0 spiro atoms. The third-order valence-corrected chi connectivity index (χ3v) is 2.14. The Bertz CT molecular complexity index is 139. The molecule has 1 aliphatic heterocycles. The maximum Gasteiger partial charge on any atom is 0.509 e. The summed E-state index contributed by atoms with van der Waals surface area (Å²) in [6, 6.07) is 0. The van der Waals surface area contributed by atoms with Crippen LogP contribution >= 0.6 is 0 Å². The third kappa shape index (κ3) is 0.856. The minimum atomic E-state index is -0.475. The first-order chi connectivity index (χ1) is 4.86. The average molecular weight is 142 g/mol. The Morgan fingerprint density at radius 3 is 2.10 bits per heavy atom. The van der Waals surface area contributed by atoms with Gasteiger partial charge in [-0.15, -0.1) is 0 Å². The van der Waals surface area contributed by atoms with Crippen LogP contribution in [0.4, 0.5) is 4.79 Å². The van der Waals surface area contributed by atoms with Crippen molar-refractivity contribution in [1.29, 1.82) is 0 Å². The fraction of sp³-hybridized carbons (Fsp3) is 0.857. The molecular formula is C7H10O3. The van der Waals surface area contributed by atoms with Crippen LogP contribution in [0.15, 0.2) is 0 Å². The maximum atomic E-state index is 10.6. The molecule has 0 aromatic heterocycles. The molecule has 0 bridgehead atoms. The van der Waals surface area contributed by atoms with Crippen molar-refractivity contribution >= 4 is 6.16 Å². The Labute approximate surface area is 59.3 Å². The molecule has 10 heavy (non-hydrogen) atoms. The molecule has 2 atom stereocenters. The van der Waals surface area contributed by atoms with Crippen LogP contribution in [0.1, 0.15) is 25.7 Å². The van der Waals surface area contributed by atoms with Crippen LogP contribution in [0.25, 0.3) is 0 Å². The lowest BCUT2D eigenvalue weighted by Crippen LogP contribution is -2.25. The molecule has 1 aliphatic carbocycles. The van der Waals surface area contributed by atoms with Crippen molar-refractivity contribution in [2.45, 2.75) is 37.9 Å². The summed E-state index contributed by atoms with van der Waals surface area (Å²) in [7, 11) is 0. The van der Waals surface area contributed by atoms with Gasteiger partial charge in [-0.25, -0.2) is 4.79 Å². The van der Waals surface area contributed by atoms with Gasteiger partial charge in [0.1, 0.15) is 12.2 Å². The lowest BCUT2D eigenvalue weighted by molar-refractivity contribution is 0.110. The van der Waals surface area contributed by atoms with E-state index in [1.807, 2.05) is 0 Å². The predicted molar refractivity (Wildman–Crippen MR) is 33.6 cm³/mol. The summed E-state index contributed by atoms with van der Waals surface area (Å²) in [6.45, 7) is 0. The Hall–Kier alpha value is -0.730. The Kier molecular flexibility index (Phi) is 1.29. The third-order valence-electron chi connectivity index (χ3n) is 2.14. The fourth-order valence-electron chi connectivity index (χ4n) is 1.61. The topological polar surface area (TPSA) is 35.5 Å². The van der Waals surface area contributed by atoms with E-state index in [-0.39, 0.29) is 12.2 Å². The molecule has 0 radical (unpaired) electrons. The molecule has 2 fully saturated rings. The van der Waals surface area contributed by atoms with E-state index in [0.29, 0.717) is 0 Å². The van der Waals surface area contributed by atoms with E-state index >= 15 is 0 Å². The summed E-state index contributed by atoms with van der Waals surface area (Å²) in [5.41, 5.74) is 0. The van der Waals surface area contributed by atoms with Gasteiger partial charge in [0, 0.05) is 0 Å². The van der Waals surface area contributed by atoms with Crippen molar-refractivity contribution in [3.05, 3.63) is 0 Å². The highest BCUT2D eigenvalue weighted by molar-refractivity contribution is 5.62. The number of ether oxygens (including phenoxy) is 2. The minimum absolute atomic E-state index is 0.0706. The molecule has 0 amide bonds. The van der Waals surface area contributed by atoms with Gasteiger partial charge >= 0.3 is 6.16 Å². The van der Waals surface area contributed by atoms with Gasteiger partial charge in [0.15, 0.2) is 0 Å². The van der Waals surface area contributed by atoms with E-state index < -0.39 is 6.16 Å². The SMILES string of the molecule is O=C1O[C@@H]2CCCC[C@H]2O1.